The van der Waals surface area contributed by atoms with Gasteiger partial charge in [-0.15, -0.1) is 0 Å². The average molecular weight is 1130 g/mol. The number of carbonyl (C=O) groups is 2. The number of carboxylic acid groups (broad SMARTS) is 1. The molecule has 10 rings (SSSR count). The quantitative estimate of drug-likeness (QED) is 0.0380. The fraction of sp³-hybridized carbons (Fsp3) is 0.538. The van der Waals surface area contributed by atoms with Gasteiger partial charge >= 0.3 is 5.97 Å². The van der Waals surface area contributed by atoms with Gasteiger partial charge in [0.25, 0.3) is 0 Å². The van der Waals surface area contributed by atoms with Crippen LogP contribution in [0.1, 0.15) is 97.0 Å². The normalized spacial score (nSPS) is 16.9. The second-order valence-corrected chi connectivity index (χ2v) is 22.6. The Labute approximate surface area is 489 Å². The number of nitrogens with two attached hydrogens (primary N) is 1. The topological polar surface area (TPSA) is 199 Å². The number of piperidine rings is 4. The van der Waals surface area contributed by atoms with Gasteiger partial charge < -0.3 is 55.9 Å². The number of aliphatic carboxylic acids is 1. The minimum absolute atomic E-state index is 0.0404. The van der Waals surface area contributed by atoms with Gasteiger partial charge in [-0.3, -0.25) is 14.8 Å². The second-order valence-electron chi connectivity index (χ2n) is 22.6. The third kappa shape index (κ3) is 20.9. The second kappa shape index (κ2) is 34.4. The SMILES string of the molecule is CN1CCC(CN)CC1.CN1CCC(CNC(=O)COCc2ccc(-c3cc(NCCCN4CCCCC4)c4cnccc4n3)cc2)CC1.O=C(O)COCc1ccc(-c2cc(NCCCN3CCCCC3)c3cnccc3n2)cc1.[3H]C. The summed E-state index contributed by atoms with van der Waals surface area (Å²) in [6.07, 6.45) is 22.5. The Morgan fingerprint density at radius 2 is 1.06 bits per heavy atom. The van der Waals surface area contributed by atoms with Crippen molar-refractivity contribution in [1.82, 2.24) is 44.9 Å². The van der Waals surface area contributed by atoms with Crippen LogP contribution < -0.4 is 21.7 Å². The largest absolute Gasteiger partial charge is 0.480 e. The molecular formula is C65H94N12O5. The van der Waals surface area contributed by atoms with E-state index in [1.807, 2.05) is 48.8 Å². The predicted octanol–water partition coefficient (Wildman–Crippen LogP) is 9.67. The lowest BCUT2D eigenvalue weighted by Crippen LogP contribution is -2.38. The molecule has 0 unspecified atom stereocenters. The molecular weight excluding hydrogens is 1030 g/mol. The Balaban J connectivity index is 0.000000205. The zero-order chi connectivity index (χ0) is 58.4. The molecule has 17 heteroatoms. The summed E-state index contributed by atoms with van der Waals surface area (Å²) in [5, 5.41) is 21.1. The molecule has 6 N–H and O–H groups in total. The molecule has 0 radical (unpaired) electrons. The van der Waals surface area contributed by atoms with Crippen molar-refractivity contribution in [2.24, 2.45) is 17.6 Å². The Morgan fingerprint density at radius 1 is 0.622 bits per heavy atom. The van der Waals surface area contributed by atoms with Gasteiger partial charge in [0.1, 0.15) is 13.2 Å². The van der Waals surface area contributed by atoms with Gasteiger partial charge in [-0.25, -0.2) is 14.8 Å². The number of rotatable bonds is 23. The van der Waals surface area contributed by atoms with Crippen LogP contribution in [-0.4, -0.2) is 175 Å². The van der Waals surface area contributed by atoms with E-state index in [2.05, 4.69) is 96.0 Å². The van der Waals surface area contributed by atoms with E-state index in [0.717, 1.165) is 151 Å². The Morgan fingerprint density at radius 3 is 1.50 bits per heavy atom. The van der Waals surface area contributed by atoms with E-state index in [9.17, 15) is 9.59 Å². The molecule has 6 aromatic rings. The first-order valence-corrected chi connectivity index (χ1v) is 30.0. The molecule has 82 heavy (non-hydrogen) atoms. The third-order valence-electron chi connectivity index (χ3n) is 16.1. The van der Waals surface area contributed by atoms with Crippen molar-refractivity contribution in [3.8, 4) is 22.5 Å². The first-order valence-electron chi connectivity index (χ1n) is 31.0. The summed E-state index contributed by atoms with van der Waals surface area (Å²) in [6.45, 7) is 15.8. The van der Waals surface area contributed by atoms with Crippen molar-refractivity contribution in [2.45, 2.75) is 97.7 Å². The molecule has 0 aliphatic carbocycles. The molecule has 444 valence electrons. The molecule has 2 aromatic carbocycles. The van der Waals surface area contributed by atoms with Gasteiger partial charge in [-0.1, -0.05) is 68.8 Å². The van der Waals surface area contributed by atoms with E-state index in [1.54, 1.807) is 12.4 Å². The molecule has 4 aromatic heterocycles. The standard InChI is InChI=1S/C32H44N6O2.C25H30N4O3.C7H16N2.CH4/c1-37-18-11-25(12-19-37)21-35-32(39)24-40-23-26-6-8-27(9-7-26)30-20-31(28-22-33-14-10-29(28)36-30)34-13-5-17-38-15-3-2-4-16-38;30-25(31)18-32-17-19-5-7-20(8-6-19)23-15-24(21-16-26-11-9-22(21)28-23)27-10-4-14-29-12-2-1-3-13-29;1-9-4-2-7(6-8)3-5-9;/h6-10,14,20,22,25H,2-5,11-13,15-19,21,23-24H2,1H3,(H,34,36)(H,35,39);5-9,11,15-16H,1-4,10,12-14,17-18H2,(H,27,28)(H,30,31);7H,2-6,8H2,1H3;1H4/i;;;1T. The minimum Gasteiger partial charge on any atom is -0.480 e. The maximum Gasteiger partial charge on any atom is 0.329 e. The molecule has 0 atom stereocenters. The highest BCUT2D eigenvalue weighted by molar-refractivity contribution is 5.94. The number of likely N-dealkylation sites (tertiary alicyclic amines) is 4. The van der Waals surface area contributed by atoms with Crippen LogP contribution >= 0.6 is 0 Å². The van der Waals surface area contributed by atoms with E-state index in [4.69, 9.17) is 31.7 Å². The van der Waals surface area contributed by atoms with E-state index in [-0.39, 0.29) is 25.7 Å². The van der Waals surface area contributed by atoms with E-state index < -0.39 is 5.97 Å². The number of hydrogen-bond donors (Lipinski definition) is 5. The number of amides is 1. The minimum atomic E-state index is -0.965. The van der Waals surface area contributed by atoms with Gasteiger partial charge in [-0.05, 0) is 198 Å². The van der Waals surface area contributed by atoms with Crippen LogP contribution in [0.25, 0.3) is 44.3 Å². The van der Waals surface area contributed by atoms with Crippen LogP contribution in [-0.2, 0) is 32.3 Å². The number of benzene rings is 2. The molecule has 0 saturated carbocycles. The fourth-order valence-corrected chi connectivity index (χ4v) is 11.1. The Kier molecular flexibility index (Phi) is 26.0. The molecule has 1 amide bonds. The number of pyridine rings is 4. The first kappa shape index (κ1) is 61.9. The lowest BCUT2D eigenvalue weighted by atomic mass is 9.97. The van der Waals surface area contributed by atoms with Crippen LogP contribution in [0, 0.1) is 11.8 Å². The fourth-order valence-electron chi connectivity index (χ4n) is 11.1. The van der Waals surface area contributed by atoms with Crippen LogP contribution in [0.3, 0.4) is 0 Å². The van der Waals surface area contributed by atoms with Crippen molar-refractivity contribution in [2.75, 3.05) is 130 Å². The smallest absolute Gasteiger partial charge is 0.329 e. The molecule has 0 bridgehead atoms. The van der Waals surface area contributed by atoms with Gasteiger partial charge in [0, 0.05) is 79.1 Å². The van der Waals surface area contributed by atoms with Gasteiger partial charge in [0.05, 0.1) is 35.6 Å². The number of carboxylic acids is 1. The molecule has 4 saturated heterocycles. The maximum absolute atomic E-state index is 12.2. The first-order chi connectivity index (χ1) is 40.6. The number of ether oxygens (including phenoxy) is 2. The zero-order valence-electron chi connectivity index (χ0n) is 50.3. The Hall–Kier alpha value is -6.18. The Bertz CT molecular complexity index is 2820. The highest BCUT2D eigenvalue weighted by Gasteiger charge is 2.19. The highest BCUT2D eigenvalue weighted by atomic mass is 16.5. The van der Waals surface area contributed by atoms with Crippen molar-refractivity contribution in [3.05, 3.63) is 109 Å². The lowest BCUT2D eigenvalue weighted by Gasteiger charge is -2.28. The van der Waals surface area contributed by atoms with E-state index >= 15 is 0 Å². The maximum atomic E-state index is 12.2. The highest BCUT2D eigenvalue weighted by Crippen LogP contribution is 2.30. The molecule has 0 spiro atoms. The van der Waals surface area contributed by atoms with Crippen molar-refractivity contribution in [1.29, 1.82) is 0 Å². The van der Waals surface area contributed by atoms with E-state index in [0.29, 0.717) is 12.5 Å². The molecule has 4 aliphatic heterocycles. The summed E-state index contributed by atoms with van der Waals surface area (Å²) in [4.78, 5) is 51.0. The van der Waals surface area contributed by atoms with Crippen LogP contribution in [0.4, 0.5) is 11.4 Å². The van der Waals surface area contributed by atoms with Crippen LogP contribution in [0.2, 0.25) is 0 Å². The number of hydrogen-bond acceptors (Lipinski definition) is 15. The lowest BCUT2D eigenvalue weighted by molar-refractivity contribution is -0.142. The van der Waals surface area contributed by atoms with Crippen LogP contribution in [0.5, 0.6) is 0 Å². The number of anilines is 2. The van der Waals surface area contributed by atoms with E-state index in [1.165, 1.54) is 98.0 Å². The van der Waals surface area contributed by atoms with Crippen molar-refractivity contribution in [3.63, 3.8) is 0 Å². The molecule has 4 aliphatic rings. The predicted molar refractivity (Wildman–Crippen MR) is 333 cm³/mol. The number of nitrogens with zero attached hydrogens (tertiary/aromatic N) is 8. The number of nitrogens with one attached hydrogen (secondary N) is 3. The molecule has 8 heterocycles. The van der Waals surface area contributed by atoms with Gasteiger partial charge in [0.15, 0.2) is 0 Å². The van der Waals surface area contributed by atoms with Crippen molar-refractivity contribution < 1.29 is 25.5 Å². The monoisotopic (exact) mass is 1120 g/mol. The zero-order valence-corrected chi connectivity index (χ0v) is 49.3. The van der Waals surface area contributed by atoms with Gasteiger partial charge in [-0.2, -0.15) is 0 Å². The van der Waals surface area contributed by atoms with Crippen molar-refractivity contribution >= 4 is 45.1 Å². The summed E-state index contributed by atoms with van der Waals surface area (Å²) in [6, 6.07) is 24.3. The van der Waals surface area contributed by atoms with Crippen LogP contribution in [0.15, 0.2) is 97.6 Å². The van der Waals surface area contributed by atoms with Gasteiger partial charge in [0.2, 0.25) is 5.91 Å². The third-order valence-corrected chi connectivity index (χ3v) is 16.1. The number of carbonyl (C=O) groups excluding carboxylic acids is 1. The summed E-state index contributed by atoms with van der Waals surface area (Å²) < 4.78 is 16.6. The molecule has 4 fully saturated rings. The number of fused-ring (bicyclic) bond motifs is 2. The number of aromatic nitrogens is 4. The average Bonchev–Trinajstić information content (AvgIpc) is 3.67. The summed E-state index contributed by atoms with van der Waals surface area (Å²) in [7, 11) is 5.57. The summed E-state index contributed by atoms with van der Waals surface area (Å²) >= 11 is 0. The summed E-state index contributed by atoms with van der Waals surface area (Å²) in [5.74, 6) is 0.373. The summed E-state index contributed by atoms with van der Waals surface area (Å²) in [5.41, 5.74) is 15.3. The molecule has 17 nitrogen and oxygen atoms in total.